The molecule has 2 rings (SSSR count). The Labute approximate surface area is 130 Å². The molecule has 1 aliphatic heterocycles. The van der Waals surface area contributed by atoms with Crippen LogP contribution in [0.2, 0.25) is 18.1 Å². The lowest BCUT2D eigenvalue weighted by molar-refractivity contribution is -0.136. The van der Waals surface area contributed by atoms with Crippen molar-refractivity contribution in [1.82, 2.24) is 4.90 Å². The molecule has 4 nitrogen and oxygen atoms in total. The van der Waals surface area contributed by atoms with Gasteiger partial charge in [-0.15, -0.1) is 0 Å². The van der Waals surface area contributed by atoms with Crippen LogP contribution in [0.5, 0.6) is 0 Å². The molecule has 122 valence electrons. The average molecular weight is 314 g/mol. The number of hydrogen-bond acceptors (Lipinski definition) is 3. The lowest BCUT2D eigenvalue weighted by Gasteiger charge is -2.39. The summed E-state index contributed by atoms with van der Waals surface area (Å²) in [5, 5.41) is 9.81. The van der Waals surface area contributed by atoms with Crippen LogP contribution in [-0.2, 0) is 9.22 Å². The third kappa shape index (κ3) is 3.35. The number of rotatable bonds is 4. The van der Waals surface area contributed by atoms with Gasteiger partial charge in [0.1, 0.15) is 0 Å². The van der Waals surface area contributed by atoms with E-state index in [0.29, 0.717) is 0 Å². The number of amides is 1. The van der Waals surface area contributed by atoms with Crippen LogP contribution in [0.3, 0.4) is 0 Å². The Hall–Kier alpha value is -0.393. The summed E-state index contributed by atoms with van der Waals surface area (Å²) < 4.78 is 6.52. The average Bonchev–Trinajstić information content (AvgIpc) is 3.14. The van der Waals surface area contributed by atoms with E-state index in [4.69, 9.17) is 4.43 Å². The molecule has 1 N–H and O–H groups in total. The lowest BCUT2D eigenvalue weighted by atomic mass is 10.2. The van der Waals surface area contributed by atoms with E-state index < -0.39 is 8.32 Å². The van der Waals surface area contributed by atoms with Crippen LogP contribution in [0, 0.1) is 5.92 Å². The molecule has 0 bridgehead atoms. The number of aliphatic hydroxyl groups excluding tert-OH is 1. The second-order valence-corrected chi connectivity index (χ2v) is 13.0. The zero-order valence-corrected chi connectivity index (χ0v) is 15.3. The Morgan fingerprint density at radius 2 is 1.90 bits per heavy atom. The second kappa shape index (κ2) is 5.67. The topological polar surface area (TPSA) is 49.8 Å². The van der Waals surface area contributed by atoms with Gasteiger partial charge < -0.3 is 14.4 Å². The van der Waals surface area contributed by atoms with Crippen LogP contribution in [0.1, 0.15) is 47.0 Å². The van der Waals surface area contributed by atoms with Crippen LogP contribution in [0.15, 0.2) is 0 Å². The summed E-state index contributed by atoms with van der Waals surface area (Å²) >= 11 is 0. The molecule has 1 unspecified atom stereocenters. The molecule has 0 aromatic heterocycles. The number of nitrogens with zero attached hydrogens (tertiary/aromatic N) is 1. The van der Waals surface area contributed by atoms with Crippen LogP contribution < -0.4 is 0 Å². The van der Waals surface area contributed by atoms with Gasteiger partial charge in [-0.1, -0.05) is 20.8 Å². The van der Waals surface area contributed by atoms with Crippen molar-refractivity contribution in [3.05, 3.63) is 0 Å². The quantitative estimate of drug-likeness (QED) is 0.812. The van der Waals surface area contributed by atoms with E-state index in [2.05, 4.69) is 40.8 Å². The van der Waals surface area contributed by atoms with Crippen LogP contribution in [0.25, 0.3) is 0 Å². The normalized spacial score (nSPS) is 30.8. The molecule has 5 heteroatoms. The molecule has 1 saturated carbocycles. The number of likely N-dealkylation sites (tertiary alicyclic amines) is 1. The highest BCUT2D eigenvalue weighted by molar-refractivity contribution is 6.74. The Morgan fingerprint density at radius 3 is 2.33 bits per heavy atom. The van der Waals surface area contributed by atoms with Crippen molar-refractivity contribution in [2.45, 2.75) is 83.3 Å². The fourth-order valence-corrected chi connectivity index (χ4v) is 4.28. The summed E-state index contributed by atoms with van der Waals surface area (Å²) in [4.78, 5) is 14.4. The summed E-state index contributed by atoms with van der Waals surface area (Å²) in [7, 11) is -1.85. The Morgan fingerprint density at radius 1 is 1.33 bits per heavy atom. The number of aliphatic hydroxyl groups is 1. The van der Waals surface area contributed by atoms with Crippen LogP contribution in [0.4, 0.5) is 0 Å². The molecular weight excluding hydrogens is 282 g/mol. The molecule has 0 aromatic carbocycles. The van der Waals surface area contributed by atoms with Crippen molar-refractivity contribution in [2.75, 3.05) is 6.61 Å². The standard InChI is InChI=1S/C16H31NO3Si/c1-11-14(20-21(5,6)16(2,3)4)9-13(10-18)17(11)15(19)12-7-8-12/h11-14,18H,7-10H2,1-6H3/t11?,13-,14+/m1/s1. The molecule has 3 atom stereocenters. The minimum Gasteiger partial charge on any atom is -0.412 e. The van der Waals surface area contributed by atoms with E-state index in [0.717, 1.165) is 19.3 Å². The van der Waals surface area contributed by atoms with Gasteiger partial charge in [-0.2, -0.15) is 0 Å². The van der Waals surface area contributed by atoms with E-state index >= 15 is 0 Å². The maximum Gasteiger partial charge on any atom is 0.226 e. The first kappa shape index (κ1) is 17.0. The third-order valence-corrected chi connectivity index (χ3v) is 10.0. The predicted molar refractivity (Wildman–Crippen MR) is 86.6 cm³/mol. The number of carbonyl (C=O) groups excluding carboxylic acids is 1. The molecule has 0 aromatic rings. The molecule has 1 aliphatic carbocycles. The fourth-order valence-electron chi connectivity index (χ4n) is 2.88. The minimum atomic E-state index is -1.85. The van der Waals surface area contributed by atoms with E-state index in [1.54, 1.807) is 0 Å². The summed E-state index contributed by atoms with van der Waals surface area (Å²) in [5.74, 6) is 0.427. The number of carbonyl (C=O) groups is 1. The third-order valence-electron chi connectivity index (χ3n) is 5.52. The predicted octanol–water partition coefficient (Wildman–Crippen LogP) is 2.77. The van der Waals surface area contributed by atoms with Gasteiger partial charge in [0.2, 0.25) is 5.91 Å². The first-order valence-electron chi connectivity index (χ1n) is 8.19. The van der Waals surface area contributed by atoms with Crippen molar-refractivity contribution in [2.24, 2.45) is 5.92 Å². The van der Waals surface area contributed by atoms with Gasteiger partial charge in [-0.05, 0) is 44.3 Å². The van der Waals surface area contributed by atoms with E-state index in [-0.39, 0.29) is 41.7 Å². The first-order chi connectivity index (χ1) is 9.58. The van der Waals surface area contributed by atoms with Crippen molar-refractivity contribution in [3.8, 4) is 0 Å². The summed E-state index contributed by atoms with van der Waals surface area (Å²) in [6.07, 6.45) is 2.84. The molecule has 1 heterocycles. The largest absolute Gasteiger partial charge is 0.412 e. The maximum atomic E-state index is 12.5. The van der Waals surface area contributed by atoms with E-state index in [1.807, 2.05) is 4.90 Å². The van der Waals surface area contributed by atoms with Crippen molar-refractivity contribution < 1.29 is 14.3 Å². The van der Waals surface area contributed by atoms with Gasteiger partial charge >= 0.3 is 0 Å². The van der Waals surface area contributed by atoms with Gasteiger partial charge in [-0.3, -0.25) is 4.79 Å². The van der Waals surface area contributed by atoms with Gasteiger partial charge in [0, 0.05) is 5.92 Å². The second-order valence-electron chi connectivity index (χ2n) is 8.25. The monoisotopic (exact) mass is 313 g/mol. The maximum absolute atomic E-state index is 12.5. The molecule has 2 aliphatic rings. The molecule has 0 radical (unpaired) electrons. The minimum absolute atomic E-state index is 0.0418. The Balaban J connectivity index is 2.10. The van der Waals surface area contributed by atoms with Gasteiger partial charge in [-0.25, -0.2) is 0 Å². The van der Waals surface area contributed by atoms with Crippen LogP contribution >= 0.6 is 0 Å². The smallest absolute Gasteiger partial charge is 0.226 e. The lowest BCUT2D eigenvalue weighted by Crippen LogP contribution is -2.48. The summed E-state index contributed by atoms with van der Waals surface area (Å²) in [6, 6.07) is 0.00671. The van der Waals surface area contributed by atoms with Crippen LogP contribution in [-0.4, -0.2) is 49.0 Å². The molecule has 2 fully saturated rings. The van der Waals surface area contributed by atoms with Gasteiger partial charge in [0.25, 0.3) is 0 Å². The van der Waals surface area contributed by atoms with Crippen molar-refractivity contribution in [3.63, 3.8) is 0 Å². The van der Waals surface area contributed by atoms with Crippen molar-refractivity contribution >= 4 is 14.2 Å². The SMILES string of the molecule is CC1[C@@H](O[Si](C)(C)C(C)(C)C)C[C@H](CO)N1C(=O)C1CC1. The molecule has 1 saturated heterocycles. The molecular formula is C16H31NO3Si. The zero-order valence-electron chi connectivity index (χ0n) is 14.3. The number of hydrogen-bond donors (Lipinski definition) is 1. The summed E-state index contributed by atoms with van der Waals surface area (Å²) in [5.41, 5.74) is 0. The first-order valence-corrected chi connectivity index (χ1v) is 11.1. The van der Waals surface area contributed by atoms with E-state index in [9.17, 15) is 9.90 Å². The fraction of sp³-hybridized carbons (Fsp3) is 0.938. The Kier molecular flexibility index (Phi) is 4.58. The summed E-state index contributed by atoms with van der Waals surface area (Å²) in [6.45, 7) is 13.3. The van der Waals surface area contributed by atoms with Crippen molar-refractivity contribution in [1.29, 1.82) is 0 Å². The molecule has 21 heavy (non-hydrogen) atoms. The molecule has 0 spiro atoms. The molecule has 1 amide bonds. The van der Waals surface area contributed by atoms with Gasteiger partial charge in [0.15, 0.2) is 8.32 Å². The van der Waals surface area contributed by atoms with Gasteiger partial charge in [0.05, 0.1) is 24.8 Å². The Bertz CT molecular complexity index is 401. The highest BCUT2D eigenvalue weighted by Gasteiger charge is 2.49. The highest BCUT2D eigenvalue weighted by atomic mass is 28.4. The van der Waals surface area contributed by atoms with E-state index in [1.165, 1.54) is 0 Å². The highest BCUT2D eigenvalue weighted by Crippen LogP contribution is 2.41. The zero-order chi connectivity index (χ0) is 16.0.